The topological polar surface area (TPSA) is 29.5 Å². The zero-order valence-corrected chi connectivity index (χ0v) is 31.0. The van der Waals surface area contributed by atoms with Crippen LogP contribution in [0.4, 0.5) is 17.1 Å². The molecule has 0 saturated heterocycles. The van der Waals surface area contributed by atoms with E-state index in [0.717, 1.165) is 94.3 Å². The Morgan fingerprint density at radius 2 is 0.789 bits per heavy atom. The zero-order chi connectivity index (χ0) is 37.7. The molecule has 268 valence electrons. The molecule has 57 heavy (non-hydrogen) atoms. The van der Waals surface area contributed by atoms with Gasteiger partial charge in [-0.2, -0.15) is 0 Å². The van der Waals surface area contributed by atoms with Crippen LogP contribution in [-0.4, -0.2) is 0 Å². The van der Waals surface area contributed by atoms with Crippen LogP contribution in [0.25, 0.3) is 88.4 Å². The van der Waals surface area contributed by atoms with Gasteiger partial charge in [-0.1, -0.05) is 164 Å². The summed E-state index contributed by atoms with van der Waals surface area (Å²) in [4.78, 5) is 2.39. The Hall–Kier alpha value is -7.62. The molecule has 9 aromatic carbocycles. The summed E-state index contributed by atoms with van der Waals surface area (Å²) in [5.74, 6) is 0. The molecular formula is C54H35NO2. The van der Waals surface area contributed by atoms with Gasteiger partial charge < -0.3 is 13.7 Å². The highest BCUT2D eigenvalue weighted by atomic mass is 16.3. The van der Waals surface area contributed by atoms with Gasteiger partial charge in [-0.25, -0.2) is 0 Å². The molecule has 0 saturated carbocycles. The summed E-state index contributed by atoms with van der Waals surface area (Å²) in [5, 5.41) is 4.26. The van der Waals surface area contributed by atoms with Crippen molar-refractivity contribution in [3.8, 4) is 44.5 Å². The van der Waals surface area contributed by atoms with Gasteiger partial charge >= 0.3 is 0 Å². The van der Waals surface area contributed by atoms with Crippen molar-refractivity contribution in [2.75, 3.05) is 4.90 Å². The number of hydrogen-bond donors (Lipinski definition) is 0. The van der Waals surface area contributed by atoms with Crippen LogP contribution in [0.3, 0.4) is 0 Å². The molecule has 2 heterocycles. The summed E-state index contributed by atoms with van der Waals surface area (Å²) in [6.07, 6.45) is 0. The minimum atomic E-state index is 0.847. The lowest BCUT2D eigenvalue weighted by molar-refractivity contribution is 0.669. The lowest BCUT2D eigenvalue weighted by atomic mass is 9.93. The largest absolute Gasteiger partial charge is 0.455 e. The fourth-order valence-electron chi connectivity index (χ4n) is 8.44. The van der Waals surface area contributed by atoms with Crippen molar-refractivity contribution in [2.45, 2.75) is 0 Å². The van der Waals surface area contributed by atoms with Crippen molar-refractivity contribution in [3.05, 3.63) is 212 Å². The van der Waals surface area contributed by atoms with Crippen LogP contribution >= 0.6 is 0 Å². The van der Waals surface area contributed by atoms with Gasteiger partial charge in [0.25, 0.3) is 0 Å². The molecule has 0 unspecified atom stereocenters. The van der Waals surface area contributed by atoms with Crippen molar-refractivity contribution in [3.63, 3.8) is 0 Å². The van der Waals surface area contributed by atoms with Crippen molar-refractivity contribution in [1.29, 1.82) is 0 Å². The Labute approximate surface area is 330 Å². The van der Waals surface area contributed by atoms with Crippen LogP contribution in [0.15, 0.2) is 221 Å². The fourth-order valence-corrected chi connectivity index (χ4v) is 8.44. The van der Waals surface area contributed by atoms with Crippen LogP contribution in [-0.2, 0) is 0 Å². The van der Waals surface area contributed by atoms with Gasteiger partial charge in [0.1, 0.15) is 22.3 Å². The summed E-state index contributed by atoms with van der Waals surface area (Å²) >= 11 is 0. The molecule has 2 aromatic heterocycles. The molecule has 3 nitrogen and oxygen atoms in total. The highest BCUT2D eigenvalue weighted by Crippen LogP contribution is 2.48. The van der Waals surface area contributed by atoms with E-state index in [2.05, 4.69) is 205 Å². The SMILES string of the molecule is c1ccc(-c2ccc(N(c3ccc4oc5c(-c6ccccc6)cccc5c4c3)c3ccc(-c4ccccc4)c4oc5ccccc5c34)cc2-c2ccccc2)cc1. The summed E-state index contributed by atoms with van der Waals surface area (Å²) in [5.41, 5.74) is 15.5. The van der Waals surface area contributed by atoms with E-state index in [0.29, 0.717) is 0 Å². The average molecular weight is 730 g/mol. The van der Waals surface area contributed by atoms with Crippen LogP contribution in [0.5, 0.6) is 0 Å². The van der Waals surface area contributed by atoms with Gasteiger partial charge in [0.05, 0.1) is 11.1 Å². The number of hydrogen-bond acceptors (Lipinski definition) is 3. The first-order valence-electron chi connectivity index (χ1n) is 19.3. The Balaban J connectivity index is 1.20. The number of nitrogens with zero attached hydrogens (tertiary/aromatic N) is 1. The van der Waals surface area contributed by atoms with Crippen LogP contribution < -0.4 is 4.90 Å². The van der Waals surface area contributed by atoms with Gasteiger partial charge in [-0.3, -0.25) is 0 Å². The minimum absolute atomic E-state index is 0.847. The quantitative estimate of drug-likeness (QED) is 0.164. The van der Waals surface area contributed by atoms with Crippen molar-refractivity contribution in [2.24, 2.45) is 0 Å². The average Bonchev–Trinajstić information content (AvgIpc) is 3.87. The highest BCUT2D eigenvalue weighted by molar-refractivity contribution is 6.18. The molecule has 0 bridgehead atoms. The first kappa shape index (κ1) is 32.8. The normalized spacial score (nSPS) is 11.5. The van der Waals surface area contributed by atoms with Gasteiger partial charge in [-0.05, 0) is 81.9 Å². The molecule has 11 aromatic rings. The molecule has 0 aliphatic carbocycles. The van der Waals surface area contributed by atoms with E-state index >= 15 is 0 Å². The van der Waals surface area contributed by atoms with E-state index in [4.69, 9.17) is 8.83 Å². The standard InChI is InChI=1S/C54H35NO2/c1-5-16-36(17-6-1)42-30-28-40(34-47(42)39-22-11-4-12-23-39)55(41-29-33-51-48(35-41)45-26-15-25-43(53(45)56-51)37-18-7-2-8-19-37)49-32-31-44(38-20-9-3-10-21-38)54-52(49)46-24-13-14-27-50(46)57-54/h1-35H. The first-order valence-corrected chi connectivity index (χ1v) is 19.3. The van der Waals surface area contributed by atoms with E-state index in [1.807, 2.05) is 12.1 Å². The maximum atomic E-state index is 6.80. The summed E-state index contributed by atoms with van der Waals surface area (Å²) in [6.45, 7) is 0. The molecule has 11 rings (SSSR count). The van der Waals surface area contributed by atoms with E-state index in [1.165, 1.54) is 11.1 Å². The van der Waals surface area contributed by atoms with Gasteiger partial charge in [0.2, 0.25) is 0 Å². The molecule has 0 atom stereocenters. The number of benzene rings is 9. The van der Waals surface area contributed by atoms with Gasteiger partial charge in [0.15, 0.2) is 0 Å². The van der Waals surface area contributed by atoms with E-state index < -0.39 is 0 Å². The minimum Gasteiger partial charge on any atom is -0.455 e. The van der Waals surface area contributed by atoms with Crippen molar-refractivity contribution < 1.29 is 8.83 Å². The maximum Gasteiger partial charge on any atom is 0.145 e. The molecular weight excluding hydrogens is 695 g/mol. The number of para-hydroxylation sites is 2. The highest BCUT2D eigenvalue weighted by Gasteiger charge is 2.24. The third kappa shape index (κ3) is 5.60. The number of fused-ring (bicyclic) bond motifs is 6. The van der Waals surface area contributed by atoms with Crippen molar-refractivity contribution >= 4 is 60.9 Å². The fraction of sp³-hybridized carbons (Fsp3) is 0. The van der Waals surface area contributed by atoms with E-state index in [1.54, 1.807) is 0 Å². The monoisotopic (exact) mass is 729 g/mol. The molecule has 0 fully saturated rings. The van der Waals surface area contributed by atoms with E-state index in [-0.39, 0.29) is 0 Å². The van der Waals surface area contributed by atoms with Crippen LogP contribution in [0.2, 0.25) is 0 Å². The third-order valence-corrected chi connectivity index (χ3v) is 11.1. The lowest BCUT2D eigenvalue weighted by Crippen LogP contribution is -2.11. The van der Waals surface area contributed by atoms with E-state index in [9.17, 15) is 0 Å². The lowest BCUT2D eigenvalue weighted by Gasteiger charge is -2.28. The zero-order valence-electron chi connectivity index (χ0n) is 31.0. The third-order valence-electron chi connectivity index (χ3n) is 11.1. The predicted molar refractivity (Wildman–Crippen MR) is 237 cm³/mol. The number of furan rings is 2. The molecule has 0 aliphatic heterocycles. The summed E-state index contributed by atoms with van der Waals surface area (Å²) < 4.78 is 13.5. The van der Waals surface area contributed by atoms with Crippen LogP contribution in [0.1, 0.15) is 0 Å². The number of anilines is 3. The molecule has 0 amide bonds. The molecule has 0 aliphatic rings. The Kier molecular flexibility index (Phi) is 7.82. The van der Waals surface area contributed by atoms with Gasteiger partial charge in [-0.15, -0.1) is 0 Å². The molecule has 3 heteroatoms. The molecule has 0 spiro atoms. The maximum absolute atomic E-state index is 6.80. The Morgan fingerprint density at radius 1 is 0.298 bits per heavy atom. The molecule has 0 radical (unpaired) electrons. The van der Waals surface area contributed by atoms with Crippen LogP contribution in [0, 0.1) is 0 Å². The second-order valence-corrected chi connectivity index (χ2v) is 14.4. The number of rotatable bonds is 7. The Bertz CT molecular complexity index is 3220. The Morgan fingerprint density at radius 3 is 1.47 bits per heavy atom. The molecule has 0 N–H and O–H groups in total. The predicted octanol–water partition coefficient (Wildman–Crippen LogP) is 15.6. The second-order valence-electron chi connectivity index (χ2n) is 14.4. The first-order chi connectivity index (χ1) is 28.3. The summed E-state index contributed by atoms with van der Waals surface area (Å²) in [6, 6.07) is 75.0. The smallest absolute Gasteiger partial charge is 0.145 e. The van der Waals surface area contributed by atoms with Crippen molar-refractivity contribution in [1.82, 2.24) is 0 Å². The second kappa shape index (κ2) is 13.6. The van der Waals surface area contributed by atoms with Gasteiger partial charge in [0, 0.05) is 38.7 Å². The summed E-state index contributed by atoms with van der Waals surface area (Å²) in [7, 11) is 0.